The molecule has 2 atom stereocenters. The first kappa shape index (κ1) is 12.1. The lowest BCUT2D eigenvalue weighted by Crippen LogP contribution is -2.40. The molecule has 2 saturated carbocycles. The maximum Gasteiger partial charge on any atom is 0.142 e. The van der Waals surface area contributed by atoms with Crippen LogP contribution in [0.15, 0.2) is 0 Å². The van der Waals surface area contributed by atoms with Gasteiger partial charge in [0.1, 0.15) is 5.78 Å². The molecule has 2 bridgehead atoms. The van der Waals surface area contributed by atoms with Gasteiger partial charge >= 0.3 is 0 Å². The third-order valence-electron chi connectivity index (χ3n) is 4.94. The van der Waals surface area contributed by atoms with Crippen molar-refractivity contribution in [3.8, 4) is 0 Å². The maximum atomic E-state index is 12.2. The van der Waals surface area contributed by atoms with E-state index in [9.17, 15) is 4.79 Å². The molecule has 0 aliphatic heterocycles. The Bertz CT molecular complexity index is 293. The molecule has 2 unspecified atom stereocenters. The molecule has 2 nitrogen and oxygen atoms in total. The van der Waals surface area contributed by atoms with E-state index in [0.717, 1.165) is 19.4 Å². The number of ether oxygens (including phenoxy) is 1. The van der Waals surface area contributed by atoms with Gasteiger partial charge in [-0.05, 0) is 30.1 Å². The van der Waals surface area contributed by atoms with Crippen LogP contribution < -0.4 is 0 Å². The molecule has 0 spiro atoms. The number of rotatable bonds is 4. The first-order valence-electron chi connectivity index (χ1n) is 6.51. The van der Waals surface area contributed by atoms with Crippen molar-refractivity contribution in [2.24, 2.45) is 22.7 Å². The van der Waals surface area contributed by atoms with Crippen molar-refractivity contribution in [1.82, 2.24) is 0 Å². The normalized spacial score (nSPS) is 36.3. The lowest BCUT2D eigenvalue weighted by molar-refractivity contribution is -0.134. The average molecular weight is 224 g/mol. The van der Waals surface area contributed by atoms with Gasteiger partial charge in [0.25, 0.3) is 0 Å². The molecule has 2 aliphatic rings. The highest BCUT2D eigenvalue weighted by Gasteiger charge is 2.64. The van der Waals surface area contributed by atoms with Gasteiger partial charge in [0.2, 0.25) is 0 Å². The second kappa shape index (κ2) is 3.83. The average Bonchev–Trinajstić information content (AvgIpc) is 2.50. The smallest absolute Gasteiger partial charge is 0.142 e. The minimum Gasteiger partial charge on any atom is -0.380 e. The summed E-state index contributed by atoms with van der Waals surface area (Å²) in [6.07, 6.45) is 3.05. The van der Waals surface area contributed by atoms with Crippen molar-refractivity contribution >= 4 is 5.78 Å². The quantitative estimate of drug-likeness (QED) is 0.733. The molecule has 0 aromatic carbocycles. The largest absolute Gasteiger partial charge is 0.380 e. The minimum absolute atomic E-state index is 0.154. The lowest BCUT2D eigenvalue weighted by atomic mass is 9.69. The number of fused-ring (bicyclic) bond motifs is 2. The van der Waals surface area contributed by atoms with Crippen LogP contribution in [0.3, 0.4) is 0 Å². The summed E-state index contributed by atoms with van der Waals surface area (Å²) in [5.41, 5.74) is -0.00633. The first-order chi connectivity index (χ1) is 7.40. The van der Waals surface area contributed by atoms with E-state index in [4.69, 9.17) is 4.74 Å². The van der Waals surface area contributed by atoms with E-state index in [1.807, 2.05) is 0 Å². The standard InChI is InChI=1S/C14H24O2/c1-10(2)8-16-9-14-6-5-11(7-12(14)15)13(14,3)4/h10-11H,5-9H2,1-4H3. The van der Waals surface area contributed by atoms with Crippen LogP contribution in [-0.2, 0) is 9.53 Å². The van der Waals surface area contributed by atoms with Crippen LogP contribution in [-0.4, -0.2) is 19.0 Å². The molecule has 0 N–H and O–H groups in total. The fourth-order valence-corrected chi connectivity index (χ4v) is 3.58. The number of hydrogen-bond donors (Lipinski definition) is 0. The third kappa shape index (κ3) is 1.54. The summed E-state index contributed by atoms with van der Waals surface area (Å²) in [5, 5.41) is 0. The molecule has 2 aliphatic carbocycles. The predicted octanol–water partition coefficient (Wildman–Crippen LogP) is 3.05. The summed E-state index contributed by atoms with van der Waals surface area (Å²) < 4.78 is 5.79. The molecule has 2 rings (SSSR count). The predicted molar refractivity (Wildman–Crippen MR) is 64.2 cm³/mol. The highest BCUT2D eigenvalue weighted by Crippen LogP contribution is 2.63. The van der Waals surface area contributed by atoms with Crippen LogP contribution >= 0.6 is 0 Å². The van der Waals surface area contributed by atoms with Crippen molar-refractivity contribution in [3.63, 3.8) is 0 Å². The zero-order valence-electron chi connectivity index (χ0n) is 11.0. The van der Waals surface area contributed by atoms with Crippen molar-refractivity contribution in [2.45, 2.75) is 47.0 Å². The number of ketones is 1. The SMILES string of the molecule is CC(C)COCC12CCC(CC1=O)C2(C)C. The Morgan fingerprint density at radius 2 is 2.12 bits per heavy atom. The van der Waals surface area contributed by atoms with E-state index < -0.39 is 0 Å². The highest BCUT2D eigenvalue weighted by atomic mass is 16.5. The molecule has 2 heteroatoms. The molecule has 0 amide bonds. The van der Waals surface area contributed by atoms with Gasteiger partial charge in [0, 0.05) is 13.0 Å². The number of carbonyl (C=O) groups is 1. The second-order valence-electron chi connectivity index (χ2n) is 6.58. The van der Waals surface area contributed by atoms with Gasteiger partial charge in [-0.1, -0.05) is 27.7 Å². The Morgan fingerprint density at radius 1 is 1.44 bits per heavy atom. The lowest BCUT2D eigenvalue weighted by Gasteiger charge is -2.36. The zero-order chi connectivity index (χ0) is 12.0. The number of Topliss-reactive ketones (excluding diaryl/α,β-unsaturated/α-hetero) is 1. The van der Waals surface area contributed by atoms with Crippen molar-refractivity contribution < 1.29 is 9.53 Å². The Morgan fingerprint density at radius 3 is 2.56 bits per heavy atom. The molecular formula is C14H24O2. The van der Waals surface area contributed by atoms with E-state index in [1.165, 1.54) is 6.42 Å². The van der Waals surface area contributed by atoms with E-state index in [2.05, 4.69) is 27.7 Å². The molecule has 0 saturated heterocycles. The van der Waals surface area contributed by atoms with Crippen molar-refractivity contribution in [3.05, 3.63) is 0 Å². The summed E-state index contributed by atoms with van der Waals surface area (Å²) in [7, 11) is 0. The number of carbonyl (C=O) groups excluding carboxylic acids is 1. The fraction of sp³-hybridized carbons (Fsp3) is 0.929. The van der Waals surface area contributed by atoms with E-state index in [0.29, 0.717) is 24.2 Å². The van der Waals surface area contributed by atoms with Crippen LogP contribution in [0.4, 0.5) is 0 Å². The van der Waals surface area contributed by atoms with Crippen LogP contribution in [0.2, 0.25) is 0 Å². The van der Waals surface area contributed by atoms with Gasteiger partial charge in [-0.15, -0.1) is 0 Å². The number of hydrogen-bond acceptors (Lipinski definition) is 2. The Balaban J connectivity index is 2.07. The Hall–Kier alpha value is -0.370. The van der Waals surface area contributed by atoms with Crippen LogP contribution in [0.25, 0.3) is 0 Å². The molecule has 0 heterocycles. The maximum absolute atomic E-state index is 12.2. The molecular weight excluding hydrogens is 200 g/mol. The van der Waals surface area contributed by atoms with Crippen LogP contribution in [0.5, 0.6) is 0 Å². The summed E-state index contributed by atoms with van der Waals surface area (Å²) in [5.74, 6) is 1.60. The van der Waals surface area contributed by atoms with Gasteiger partial charge in [-0.2, -0.15) is 0 Å². The third-order valence-corrected chi connectivity index (χ3v) is 4.94. The van der Waals surface area contributed by atoms with Crippen molar-refractivity contribution in [2.75, 3.05) is 13.2 Å². The summed E-state index contributed by atoms with van der Waals surface area (Å²) >= 11 is 0. The van der Waals surface area contributed by atoms with Gasteiger partial charge in [0.15, 0.2) is 0 Å². The summed E-state index contributed by atoms with van der Waals surface area (Å²) in [6.45, 7) is 10.2. The van der Waals surface area contributed by atoms with E-state index in [-0.39, 0.29) is 10.8 Å². The molecule has 0 aromatic heterocycles. The summed E-state index contributed by atoms with van der Waals surface area (Å²) in [4.78, 5) is 12.2. The van der Waals surface area contributed by atoms with Gasteiger partial charge in [-0.25, -0.2) is 0 Å². The van der Waals surface area contributed by atoms with Crippen LogP contribution in [0.1, 0.15) is 47.0 Å². The van der Waals surface area contributed by atoms with Gasteiger partial charge in [0.05, 0.1) is 12.0 Å². The van der Waals surface area contributed by atoms with Gasteiger partial charge in [-0.3, -0.25) is 4.79 Å². The second-order valence-corrected chi connectivity index (χ2v) is 6.58. The van der Waals surface area contributed by atoms with E-state index >= 15 is 0 Å². The monoisotopic (exact) mass is 224 g/mol. The first-order valence-corrected chi connectivity index (χ1v) is 6.51. The molecule has 16 heavy (non-hydrogen) atoms. The Kier molecular flexibility index (Phi) is 2.90. The fourth-order valence-electron chi connectivity index (χ4n) is 3.58. The molecule has 92 valence electrons. The molecule has 0 radical (unpaired) electrons. The molecule has 0 aromatic rings. The molecule has 2 fully saturated rings. The minimum atomic E-state index is -0.160. The van der Waals surface area contributed by atoms with E-state index in [1.54, 1.807) is 0 Å². The Labute approximate surface area is 98.7 Å². The van der Waals surface area contributed by atoms with Crippen molar-refractivity contribution in [1.29, 1.82) is 0 Å². The van der Waals surface area contributed by atoms with Crippen LogP contribution in [0, 0.1) is 22.7 Å². The summed E-state index contributed by atoms with van der Waals surface area (Å²) in [6, 6.07) is 0. The van der Waals surface area contributed by atoms with Gasteiger partial charge < -0.3 is 4.74 Å². The topological polar surface area (TPSA) is 26.3 Å². The highest BCUT2D eigenvalue weighted by molar-refractivity contribution is 5.89. The zero-order valence-corrected chi connectivity index (χ0v) is 11.0.